The second-order valence-electron chi connectivity index (χ2n) is 6.44. The van der Waals surface area contributed by atoms with Gasteiger partial charge in [0.1, 0.15) is 11.3 Å². The first-order valence-corrected chi connectivity index (χ1v) is 9.99. The van der Waals surface area contributed by atoms with Crippen LogP contribution < -0.4 is 4.90 Å². The van der Waals surface area contributed by atoms with Crippen molar-refractivity contribution in [3.63, 3.8) is 0 Å². The number of rotatable bonds is 5. The molecule has 0 unspecified atom stereocenters. The van der Waals surface area contributed by atoms with E-state index in [4.69, 9.17) is 9.72 Å². The molecule has 1 saturated heterocycles. The third kappa shape index (κ3) is 3.68. The number of hydrogen-bond donors (Lipinski definition) is 1. The van der Waals surface area contributed by atoms with E-state index < -0.39 is 0 Å². The van der Waals surface area contributed by atoms with Crippen LogP contribution in [0.3, 0.4) is 0 Å². The Labute approximate surface area is 157 Å². The van der Waals surface area contributed by atoms with Crippen LogP contribution in [0, 0.1) is 6.92 Å². The first kappa shape index (κ1) is 17.3. The Balaban J connectivity index is 1.64. The summed E-state index contributed by atoms with van der Waals surface area (Å²) in [4.78, 5) is 19.8. The smallest absolute Gasteiger partial charge is 0.192 e. The molecule has 3 heterocycles. The lowest BCUT2D eigenvalue weighted by molar-refractivity contribution is 0.122. The Morgan fingerprint density at radius 1 is 1.12 bits per heavy atom. The molecule has 3 aromatic rings. The molecule has 2 aromatic heterocycles. The quantitative estimate of drug-likeness (QED) is 0.549. The van der Waals surface area contributed by atoms with Crippen LogP contribution in [0.4, 0.5) is 5.82 Å². The minimum atomic E-state index is 0.728. The predicted molar refractivity (Wildman–Crippen MR) is 105 cm³/mol. The normalized spacial score (nSPS) is 14.9. The minimum Gasteiger partial charge on any atom is -0.378 e. The molecule has 0 atom stereocenters. The average molecular weight is 369 g/mol. The summed E-state index contributed by atoms with van der Waals surface area (Å²) in [6, 6.07) is 8.60. The van der Waals surface area contributed by atoms with Crippen LogP contribution in [-0.4, -0.2) is 46.2 Å². The first-order valence-electron chi connectivity index (χ1n) is 9.00. The fourth-order valence-corrected chi connectivity index (χ4v) is 3.77. The van der Waals surface area contributed by atoms with Crippen molar-refractivity contribution in [3.8, 4) is 0 Å². The number of nitrogens with zero attached hydrogens (tertiary/aromatic N) is 4. The Bertz CT molecular complexity index is 887. The molecule has 4 rings (SSSR count). The predicted octanol–water partition coefficient (Wildman–Crippen LogP) is 3.35. The molecule has 1 aliphatic rings. The van der Waals surface area contributed by atoms with E-state index in [0.29, 0.717) is 0 Å². The number of aryl methyl sites for hydroxylation is 2. The van der Waals surface area contributed by atoms with Gasteiger partial charge in [0, 0.05) is 25.3 Å². The summed E-state index contributed by atoms with van der Waals surface area (Å²) in [7, 11) is 0. The van der Waals surface area contributed by atoms with Gasteiger partial charge in [-0.1, -0.05) is 48.5 Å². The Morgan fingerprint density at radius 3 is 2.62 bits per heavy atom. The molecular weight excluding hydrogens is 346 g/mol. The largest absolute Gasteiger partial charge is 0.378 e. The minimum absolute atomic E-state index is 0.728. The highest BCUT2D eigenvalue weighted by Gasteiger charge is 2.20. The van der Waals surface area contributed by atoms with E-state index in [1.165, 1.54) is 11.1 Å². The number of aromatic nitrogens is 4. The molecule has 0 amide bonds. The van der Waals surface area contributed by atoms with E-state index in [0.717, 1.165) is 66.4 Å². The third-order valence-corrected chi connectivity index (χ3v) is 5.41. The second kappa shape index (κ2) is 7.63. The third-order valence-electron chi connectivity index (χ3n) is 4.49. The summed E-state index contributed by atoms with van der Waals surface area (Å²) in [5, 5.41) is 0.772. The van der Waals surface area contributed by atoms with Gasteiger partial charge in [0.15, 0.2) is 16.6 Å². The number of fused-ring (bicyclic) bond motifs is 1. The molecule has 0 spiro atoms. The van der Waals surface area contributed by atoms with Crippen LogP contribution in [0.1, 0.15) is 23.9 Å². The number of aromatic amines is 1. The molecule has 6 nitrogen and oxygen atoms in total. The van der Waals surface area contributed by atoms with E-state index in [2.05, 4.69) is 58.0 Å². The van der Waals surface area contributed by atoms with Gasteiger partial charge in [-0.05, 0) is 12.5 Å². The number of H-pyrrole nitrogens is 1. The topological polar surface area (TPSA) is 66.9 Å². The van der Waals surface area contributed by atoms with Crippen molar-refractivity contribution in [2.45, 2.75) is 31.2 Å². The van der Waals surface area contributed by atoms with Gasteiger partial charge < -0.3 is 14.6 Å². The highest BCUT2D eigenvalue weighted by atomic mass is 32.2. The van der Waals surface area contributed by atoms with Gasteiger partial charge in [0.25, 0.3) is 0 Å². The molecule has 136 valence electrons. The molecule has 1 fully saturated rings. The second-order valence-corrected chi connectivity index (χ2v) is 7.38. The van der Waals surface area contributed by atoms with Crippen molar-refractivity contribution >= 4 is 28.7 Å². The van der Waals surface area contributed by atoms with Crippen LogP contribution >= 0.6 is 11.8 Å². The van der Waals surface area contributed by atoms with Crippen LogP contribution in [0.2, 0.25) is 0 Å². The molecule has 1 aromatic carbocycles. The van der Waals surface area contributed by atoms with Crippen LogP contribution in [0.25, 0.3) is 11.2 Å². The molecule has 0 saturated carbocycles. The van der Waals surface area contributed by atoms with Gasteiger partial charge >= 0.3 is 0 Å². The Hall–Kier alpha value is -2.12. The zero-order valence-corrected chi connectivity index (χ0v) is 16.0. The SMILES string of the molecule is CCc1nc2nc(SCc3ccc(C)cc3)nc(N3CCOCC3)c2[nH]1. The highest BCUT2D eigenvalue weighted by Crippen LogP contribution is 2.28. The maximum Gasteiger partial charge on any atom is 0.192 e. The number of nitrogens with one attached hydrogen (secondary N) is 1. The van der Waals surface area contributed by atoms with Crippen molar-refractivity contribution in [1.29, 1.82) is 0 Å². The molecule has 26 heavy (non-hydrogen) atoms. The summed E-state index contributed by atoms with van der Waals surface area (Å²) >= 11 is 1.66. The number of thioether (sulfide) groups is 1. The van der Waals surface area contributed by atoms with E-state index in [9.17, 15) is 0 Å². The Morgan fingerprint density at radius 2 is 1.88 bits per heavy atom. The van der Waals surface area contributed by atoms with Gasteiger partial charge in [0.05, 0.1) is 13.2 Å². The zero-order chi connectivity index (χ0) is 17.9. The summed E-state index contributed by atoms with van der Waals surface area (Å²) in [6.07, 6.45) is 0.852. The summed E-state index contributed by atoms with van der Waals surface area (Å²) in [5.74, 6) is 2.74. The molecule has 0 radical (unpaired) electrons. The lowest BCUT2D eigenvalue weighted by Gasteiger charge is -2.28. The number of ether oxygens (including phenoxy) is 1. The number of benzene rings is 1. The van der Waals surface area contributed by atoms with Crippen LogP contribution in [-0.2, 0) is 16.9 Å². The monoisotopic (exact) mass is 369 g/mol. The molecule has 1 N–H and O–H groups in total. The molecule has 1 aliphatic heterocycles. The molecule has 0 aliphatic carbocycles. The van der Waals surface area contributed by atoms with Crippen molar-refractivity contribution in [2.24, 2.45) is 0 Å². The lowest BCUT2D eigenvalue weighted by Crippen LogP contribution is -2.37. The zero-order valence-electron chi connectivity index (χ0n) is 15.2. The van der Waals surface area contributed by atoms with Crippen molar-refractivity contribution < 1.29 is 4.74 Å². The standard InChI is InChI=1S/C19H23N5OS/c1-3-15-20-16-17(21-15)22-19(23-18(16)24-8-10-25-11-9-24)26-12-14-6-4-13(2)5-7-14/h4-7H,3,8-12H2,1-2H3,(H,20,21,22,23). The fraction of sp³-hybridized carbons (Fsp3) is 0.421. The van der Waals surface area contributed by atoms with Crippen molar-refractivity contribution in [2.75, 3.05) is 31.2 Å². The average Bonchev–Trinajstić information content (AvgIpc) is 3.11. The number of hydrogen-bond acceptors (Lipinski definition) is 6. The van der Waals surface area contributed by atoms with Gasteiger partial charge in [-0.2, -0.15) is 0 Å². The maximum absolute atomic E-state index is 5.49. The summed E-state index contributed by atoms with van der Waals surface area (Å²) in [6.45, 7) is 7.33. The number of morpholine rings is 1. The maximum atomic E-state index is 5.49. The summed E-state index contributed by atoms with van der Waals surface area (Å²) in [5.41, 5.74) is 4.23. The lowest BCUT2D eigenvalue weighted by atomic mass is 10.2. The van der Waals surface area contributed by atoms with Crippen LogP contribution in [0.5, 0.6) is 0 Å². The first-order chi connectivity index (χ1) is 12.7. The van der Waals surface area contributed by atoms with Crippen LogP contribution in [0.15, 0.2) is 29.4 Å². The molecule has 0 bridgehead atoms. The van der Waals surface area contributed by atoms with Crippen molar-refractivity contribution in [3.05, 3.63) is 41.2 Å². The van der Waals surface area contributed by atoms with Gasteiger partial charge in [0.2, 0.25) is 0 Å². The summed E-state index contributed by atoms with van der Waals surface area (Å²) < 4.78 is 5.49. The van der Waals surface area contributed by atoms with Gasteiger partial charge in [-0.25, -0.2) is 15.0 Å². The molecule has 7 heteroatoms. The van der Waals surface area contributed by atoms with Gasteiger partial charge in [-0.3, -0.25) is 0 Å². The number of imidazole rings is 1. The van der Waals surface area contributed by atoms with Crippen molar-refractivity contribution in [1.82, 2.24) is 19.9 Å². The Kier molecular flexibility index (Phi) is 5.08. The van der Waals surface area contributed by atoms with E-state index >= 15 is 0 Å². The van der Waals surface area contributed by atoms with E-state index in [1.54, 1.807) is 11.8 Å². The highest BCUT2D eigenvalue weighted by molar-refractivity contribution is 7.98. The fourth-order valence-electron chi connectivity index (χ4n) is 2.98. The van der Waals surface area contributed by atoms with E-state index in [-0.39, 0.29) is 0 Å². The number of anilines is 1. The van der Waals surface area contributed by atoms with Gasteiger partial charge in [-0.15, -0.1) is 0 Å². The van der Waals surface area contributed by atoms with E-state index in [1.807, 2.05) is 0 Å². The molecular formula is C19H23N5OS.